The van der Waals surface area contributed by atoms with Crippen LogP contribution in [0.2, 0.25) is 0 Å². The molecule has 0 aromatic heterocycles. The molecule has 0 unspecified atom stereocenters. The average Bonchev–Trinajstić information content (AvgIpc) is 2.64. The number of methoxy groups -OCH3 is 1. The van der Waals surface area contributed by atoms with Crippen LogP contribution in [0.1, 0.15) is 30.6 Å². The van der Waals surface area contributed by atoms with E-state index < -0.39 is 0 Å². The minimum atomic E-state index is -0.208. The lowest BCUT2D eigenvalue weighted by molar-refractivity contribution is 0.0987. The fourth-order valence-electron chi connectivity index (χ4n) is 2.11. The minimum absolute atomic E-state index is 0.208. The van der Waals surface area contributed by atoms with Crippen molar-refractivity contribution in [3.8, 4) is 11.5 Å². The van der Waals surface area contributed by atoms with E-state index >= 15 is 0 Å². The summed E-state index contributed by atoms with van der Waals surface area (Å²) in [6, 6.07) is 14.3. The highest BCUT2D eigenvalue weighted by Crippen LogP contribution is 2.22. The lowest BCUT2D eigenvalue weighted by Crippen LogP contribution is -2.25. The van der Waals surface area contributed by atoms with Crippen molar-refractivity contribution in [1.29, 1.82) is 0 Å². The molecule has 5 nitrogen and oxygen atoms in total. The molecule has 2 aromatic carbocycles. The number of benzene rings is 2. The molecule has 5 heteroatoms. The molecule has 0 saturated heterocycles. The van der Waals surface area contributed by atoms with E-state index in [0.29, 0.717) is 17.9 Å². The summed E-state index contributed by atoms with van der Waals surface area (Å²) < 4.78 is 10.7. The van der Waals surface area contributed by atoms with Crippen LogP contribution in [0.4, 0.5) is 5.69 Å². The maximum atomic E-state index is 12.8. The first-order chi connectivity index (χ1) is 11.7. The highest BCUT2D eigenvalue weighted by Gasteiger charge is 2.17. The Balaban J connectivity index is 2.21. The zero-order valence-corrected chi connectivity index (χ0v) is 14.2. The summed E-state index contributed by atoms with van der Waals surface area (Å²) in [6.45, 7) is 4.48. The van der Waals surface area contributed by atoms with Gasteiger partial charge in [-0.15, -0.1) is 0 Å². The van der Waals surface area contributed by atoms with E-state index in [0.717, 1.165) is 17.9 Å². The summed E-state index contributed by atoms with van der Waals surface area (Å²) in [5.41, 5.74) is 1.21. The van der Waals surface area contributed by atoms with E-state index in [1.807, 2.05) is 6.92 Å². The molecular weight excluding hydrogens is 304 g/mol. The molecular formula is C19H22N2O3. The summed E-state index contributed by atoms with van der Waals surface area (Å²) in [5, 5.41) is 5.55. The maximum absolute atomic E-state index is 12.8. The Morgan fingerprint density at radius 1 is 1.08 bits per heavy atom. The average molecular weight is 326 g/mol. The van der Waals surface area contributed by atoms with Gasteiger partial charge in [0.05, 0.1) is 19.4 Å². The van der Waals surface area contributed by atoms with E-state index in [4.69, 9.17) is 9.47 Å². The third kappa shape index (κ3) is 4.35. The second kappa shape index (κ2) is 8.72. The molecule has 0 saturated carbocycles. The second-order valence-corrected chi connectivity index (χ2v) is 5.06. The largest absolute Gasteiger partial charge is 0.497 e. The number of ether oxygens (including phenoxy) is 2. The van der Waals surface area contributed by atoms with Crippen LogP contribution >= 0.6 is 0 Å². The van der Waals surface area contributed by atoms with Crippen molar-refractivity contribution in [1.82, 2.24) is 0 Å². The Labute approximate surface area is 142 Å². The fraction of sp³-hybridized carbons (Fsp3) is 0.263. The molecule has 0 radical (unpaired) electrons. The number of anilines is 1. The van der Waals surface area contributed by atoms with Crippen LogP contribution in [0.25, 0.3) is 0 Å². The van der Waals surface area contributed by atoms with Crippen molar-refractivity contribution in [2.75, 3.05) is 18.7 Å². The molecule has 0 bridgehead atoms. The van der Waals surface area contributed by atoms with Gasteiger partial charge in [-0.3, -0.25) is 4.79 Å². The maximum Gasteiger partial charge on any atom is 0.278 e. The molecule has 0 aliphatic rings. The number of amides is 1. The van der Waals surface area contributed by atoms with Gasteiger partial charge in [0, 0.05) is 11.8 Å². The summed E-state index contributed by atoms with van der Waals surface area (Å²) in [6.07, 6.45) is 2.53. The molecule has 0 N–H and O–H groups in total. The van der Waals surface area contributed by atoms with Crippen molar-refractivity contribution in [3.05, 3.63) is 54.1 Å². The zero-order valence-electron chi connectivity index (χ0n) is 14.2. The van der Waals surface area contributed by atoms with Gasteiger partial charge in [-0.2, -0.15) is 10.1 Å². The first kappa shape index (κ1) is 17.5. The van der Waals surface area contributed by atoms with Gasteiger partial charge in [0.1, 0.15) is 11.5 Å². The normalized spacial score (nSPS) is 10.6. The van der Waals surface area contributed by atoms with Gasteiger partial charge in [-0.25, -0.2) is 0 Å². The molecule has 0 heterocycles. The fourth-order valence-corrected chi connectivity index (χ4v) is 2.11. The monoisotopic (exact) mass is 326 g/mol. The van der Waals surface area contributed by atoms with E-state index in [2.05, 4.69) is 5.10 Å². The van der Waals surface area contributed by atoms with Crippen molar-refractivity contribution in [3.63, 3.8) is 0 Å². The lowest BCUT2D eigenvalue weighted by Gasteiger charge is -2.17. The van der Waals surface area contributed by atoms with Crippen LogP contribution in [0.5, 0.6) is 11.5 Å². The number of hydrogen-bond donors (Lipinski definition) is 0. The smallest absolute Gasteiger partial charge is 0.278 e. The number of hydrogen-bond acceptors (Lipinski definition) is 4. The zero-order chi connectivity index (χ0) is 17.4. The number of hydrazone groups is 1. The van der Waals surface area contributed by atoms with Crippen molar-refractivity contribution < 1.29 is 14.3 Å². The predicted octanol–water partition coefficient (Wildman–Crippen LogP) is 4.14. The first-order valence-corrected chi connectivity index (χ1v) is 7.89. The Kier molecular flexibility index (Phi) is 6.37. The highest BCUT2D eigenvalue weighted by molar-refractivity contribution is 6.06. The number of carbonyl (C=O) groups is 1. The molecule has 24 heavy (non-hydrogen) atoms. The van der Waals surface area contributed by atoms with Gasteiger partial charge < -0.3 is 9.47 Å². The van der Waals surface area contributed by atoms with Gasteiger partial charge in [0.15, 0.2) is 0 Å². The second-order valence-electron chi connectivity index (χ2n) is 5.06. The summed E-state index contributed by atoms with van der Waals surface area (Å²) in [4.78, 5) is 12.8. The third-order valence-electron chi connectivity index (χ3n) is 3.31. The number of carbonyl (C=O) groups excluding carboxylic acids is 1. The van der Waals surface area contributed by atoms with Crippen LogP contribution < -0.4 is 14.5 Å². The number of nitrogens with zero attached hydrogens (tertiary/aromatic N) is 2. The summed E-state index contributed by atoms with van der Waals surface area (Å²) >= 11 is 0. The molecule has 1 amide bonds. The Morgan fingerprint density at radius 3 is 2.25 bits per heavy atom. The molecule has 0 fully saturated rings. The molecule has 2 rings (SSSR count). The van der Waals surface area contributed by atoms with Gasteiger partial charge in [0.25, 0.3) is 5.91 Å². The molecule has 2 aromatic rings. The third-order valence-corrected chi connectivity index (χ3v) is 3.31. The van der Waals surface area contributed by atoms with Crippen LogP contribution in [-0.2, 0) is 0 Å². The molecule has 0 spiro atoms. The number of rotatable bonds is 7. The Hall–Kier alpha value is -2.82. The molecule has 0 aliphatic heterocycles. The summed E-state index contributed by atoms with van der Waals surface area (Å²) in [5.74, 6) is 1.27. The molecule has 0 aliphatic carbocycles. The van der Waals surface area contributed by atoms with Crippen molar-refractivity contribution >= 4 is 17.8 Å². The van der Waals surface area contributed by atoms with Gasteiger partial charge >= 0.3 is 0 Å². The topological polar surface area (TPSA) is 51.1 Å². The standard InChI is InChI=1S/C19H22N2O3/c1-4-14-24-18-10-6-15(7-11-18)19(22)21(20-5-2)16-8-12-17(23-3)13-9-16/h5-13H,4,14H2,1-3H3/b20-5+. The van der Waals surface area contributed by atoms with Crippen LogP contribution in [0, 0.1) is 0 Å². The SMILES string of the molecule is C/C=N/N(C(=O)c1ccc(OCCC)cc1)c1ccc(OC)cc1. The summed E-state index contributed by atoms with van der Waals surface area (Å²) in [7, 11) is 1.60. The molecule has 126 valence electrons. The van der Waals surface area contributed by atoms with Crippen LogP contribution in [0.3, 0.4) is 0 Å². The van der Waals surface area contributed by atoms with E-state index in [1.54, 1.807) is 68.8 Å². The van der Waals surface area contributed by atoms with Gasteiger partial charge in [-0.05, 0) is 61.9 Å². The van der Waals surface area contributed by atoms with Crippen molar-refractivity contribution in [2.45, 2.75) is 20.3 Å². The first-order valence-electron chi connectivity index (χ1n) is 7.89. The van der Waals surface area contributed by atoms with E-state index in [9.17, 15) is 4.79 Å². The van der Waals surface area contributed by atoms with E-state index in [1.165, 1.54) is 5.01 Å². The van der Waals surface area contributed by atoms with Crippen molar-refractivity contribution in [2.24, 2.45) is 5.10 Å². The Morgan fingerprint density at radius 2 is 1.71 bits per heavy atom. The van der Waals surface area contributed by atoms with Crippen LogP contribution in [0.15, 0.2) is 53.6 Å². The van der Waals surface area contributed by atoms with Crippen LogP contribution in [-0.4, -0.2) is 25.8 Å². The molecule has 0 atom stereocenters. The predicted molar refractivity (Wildman–Crippen MR) is 96.2 cm³/mol. The Bertz CT molecular complexity index is 679. The quantitative estimate of drug-likeness (QED) is 0.567. The van der Waals surface area contributed by atoms with Gasteiger partial charge in [0.2, 0.25) is 0 Å². The van der Waals surface area contributed by atoms with E-state index in [-0.39, 0.29) is 5.91 Å². The minimum Gasteiger partial charge on any atom is -0.497 e. The highest BCUT2D eigenvalue weighted by atomic mass is 16.5. The lowest BCUT2D eigenvalue weighted by atomic mass is 10.2. The van der Waals surface area contributed by atoms with Gasteiger partial charge in [-0.1, -0.05) is 6.92 Å².